The third kappa shape index (κ3) is 1.87. The highest BCUT2D eigenvalue weighted by molar-refractivity contribution is 6.09. The molecule has 4 rings (SSSR count). The lowest BCUT2D eigenvalue weighted by Gasteiger charge is -2.21. The number of fused-ring (bicyclic) bond motifs is 1. The summed E-state index contributed by atoms with van der Waals surface area (Å²) in [5.74, 6) is -0.822. The van der Waals surface area contributed by atoms with Gasteiger partial charge in [0.15, 0.2) is 11.9 Å². The van der Waals surface area contributed by atoms with Gasteiger partial charge in [-0.15, -0.1) is 0 Å². The van der Waals surface area contributed by atoms with E-state index in [1.54, 1.807) is 31.2 Å². The quantitative estimate of drug-likeness (QED) is 0.598. The maximum atomic E-state index is 12.4. The Morgan fingerprint density at radius 3 is 2.89 bits per heavy atom. The van der Waals surface area contributed by atoms with E-state index in [1.165, 1.54) is 0 Å². The van der Waals surface area contributed by atoms with Crippen LogP contribution in [0.1, 0.15) is 28.9 Å². The maximum Gasteiger partial charge on any atom is 0.337 e. The minimum absolute atomic E-state index is 0.208. The highest BCUT2D eigenvalue weighted by atomic mass is 17.2. The number of benzene rings is 1. The number of rotatable bonds is 2. The zero-order valence-electron chi connectivity index (χ0n) is 10.3. The molecule has 0 aromatic heterocycles. The molecule has 2 heterocycles. The SMILES string of the molecule is CCOC(=O)C1=C[C@@H]2OO[C@H]1C(=O)c1ccccc12. The molecule has 0 unspecified atom stereocenters. The first-order chi connectivity index (χ1) is 9.22. The summed E-state index contributed by atoms with van der Waals surface area (Å²) in [5.41, 5.74) is 1.43. The van der Waals surface area contributed by atoms with Crippen LogP contribution in [0.4, 0.5) is 0 Å². The normalized spacial score (nSPS) is 24.5. The van der Waals surface area contributed by atoms with Gasteiger partial charge in [0.2, 0.25) is 0 Å². The number of carbonyl (C=O) groups excluding carboxylic acids is 2. The summed E-state index contributed by atoms with van der Waals surface area (Å²) in [7, 11) is 0. The Hall–Kier alpha value is -1.98. The average molecular weight is 260 g/mol. The number of hydrogen-bond acceptors (Lipinski definition) is 5. The van der Waals surface area contributed by atoms with Crippen LogP contribution >= 0.6 is 0 Å². The van der Waals surface area contributed by atoms with E-state index in [2.05, 4.69) is 0 Å². The zero-order valence-corrected chi connectivity index (χ0v) is 10.3. The van der Waals surface area contributed by atoms with Crippen molar-refractivity contribution in [1.82, 2.24) is 0 Å². The molecule has 2 atom stereocenters. The van der Waals surface area contributed by atoms with Crippen LogP contribution in [-0.4, -0.2) is 24.5 Å². The highest BCUT2D eigenvalue weighted by Crippen LogP contribution is 2.36. The fraction of sp³-hybridized carbons (Fsp3) is 0.286. The molecule has 2 bridgehead atoms. The fourth-order valence-electron chi connectivity index (χ4n) is 2.27. The summed E-state index contributed by atoms with van der Waals surface area (Å²) in [4.78, 5) is 34.4. The summed E-state index contributed by atoms with van der Waals surface area (Å²) in [5, 5.41) is 0. The first-order valence-electron chi connectivity index (χ1n) is 6.06. The molecule has 0 fully saturated rings. The van der Waals surface area contributed by atoms with Gasteiger partial charge in [-0.1, -0.05) is 24.3 Å². The van der Waals surface area contributed by atoms with E-state index >= 15 is 0 Å². The molecular formula is C14H12O5. The molecular weight excluding hydrogens is 248 g/mol. The summed E-state index contributed by atoms with van der Waals surface area (Å²) in [6, 6.07) is 7.07. The molecule has 3 aliphatic rings. The van der Waals surface area contributed by atoms with E-state index in [1.807, 2.05) is 6.07 Å². The van der Waals surface area contributed by atoms with Crippen molar-refractivity contribution in [1.29, 1.82) is 0 Å². The minimum atomic E-state index is -1.04. The van der Waals surface area contributed by atoms with Crippen LogP contribution in [0.2, 0.25) is 0 Å². The summed E-state index contributed by atoms with van der Waals surface area (Å²) in [6.45, 7) is 1.96. The largest absolute Gasteiger partial charge is 0.463 e. The van der Waals surface area contributed by atoms with Gasteiger partial charge in [-0.3, -0.25) is 4.79 Å². The van der Waals surface area contributed by atoms with Crippen molar-refractivity contribution in [3.63, 3.8) is 0 Å². The van der Waals surface area contributed by atoms with Crippen molar-refractivity contribution in [3.8, 4) is 0 Å². The van der Waals surface area contributed by atoms with Gasteiger partial charge in [-0.2, -0.15) is 0 Å². The molecule has 0 amide bonds. The predicted molar refractivity (Wildman–Crippen MR) is 64.2 cm³/mol. The lowest BCUT2D eigenvalue weighted by molar-refractivity contribution is -0.331. The fourth-order valence-corrected chi connectivity index (χ4v) is 2.27. The smallest absolute Gasteiger partial charge is 0.337 e. The molecule has 1 aromatic rings. The average Bonchev–Trinajstić information content (AvgIpc) is 2.65. The van der Waals surface area contributed by atoms with E-state index in [0.29, 0.717) is 11.1 Å². The molecule has 5 nitrogen and oxygen atoms in total. The first kappa shape index (κ1) is 12.1. The first-order valence-corrected chi connectivity index (χ1v) is 6.06. The number of hydrogen-bond donors (Lipinski definition) is 0. The van der Waals surface area contributed by atoms with Gasteiger partial charge < -0.3 is 4.74 Å². The maximum absolute atomic E-state index is 12.4. The number of ketones is 1. The highest BCUT2D eigenvalue weighted by Gasteiger charge is 2.41. The Bertz CT molecular complexity index is 575. The third-order valence-electron chi connectivity index (χ3n) is 3.15. The molecule has 2 aliphatic heterocycles. The van der Waals surface area contributed by atoms with Crippen molar-refractivity contribution in [2.24, 2.45) is 0 Å². The van der Waals surface area contributed by atoms with Gasteiger partial charge in [-0.25, -0.2) is 14.6 Å². The number of esters is 1. The lowest BCUT2D eigenvalue weighted by atomic mass is 9.99. The Morgan fingerprint density at radius 1 is 1.32 bits per heavy atom. The van der Waals surface area contributed by atoms with E-state index in [9.17, 15) is 9.59 Å². The monoisotopic (exact) mass is 260 g/mol. The van der Waals surface area contributed by atoms with Crippen LogP contribution < -0.4 is 0 Å². The molecule has 0 spiro atoms. The lowest BCUT2D eigenvalue weighted by Crippen LogP contribution is -2.32. The second kappa shape index (κ2) is 4.60. The molecule has 0 N–H and O–H groups in total. The summed E-state index contributed by atoms with van der Waals surface area (Å²) in [6.07, 6.45) is -0.00661. The second-order valence-corrected chi connectivity index (χ2v) is 4.29. The molecule has 5 heteroatoms. The Labute approximate surface area is 109 Å². The third-order valence-corrected chi connectivity index (χ3v) is 3.15. The number of Topliss-reactive ketones (excluding diaryl/α,β-unsaturated/α-hetero) is 1. The van der Waals surface area contributed by atoms with Crippen molar-refractivity contribution in [3.05, 3.63) is 47.0 Å². The Morgan fingerprint density at radius 2 is 2.11 bits per heavy atom. The molecule has 1 aromatic carbocycles. The van der Waals surface area contributed by atoms with E-state index in [0.717, 1.165) is 0 Å². The van der Waals surface area contributed by atoms with Gasteiger partial charge in [0.05, 0.1) is 12.2 Å². The van der Waals surface area contributed by atoms with Crippen LogP contribution in [0, 0.1) is 0 Å². The molecule has 19 heavy (non-hydrogen) atoms. The standard InChI is InChI=1S/C14H12O5/c1-2-17-14(16)10-7-11-8-5-3-4-6-9(8)12(15)13(10)19-18-11/h3-7,11,13H,2H2,1H3/t11-,13+/m0/s1. The number of carbonyl (C=O) groups is 2. The van der Waals surface area contributed by atoms with Crippen LogP contribution in [0.25, 0.3) is 0 Å². The Balaban J connectivity index is 2.07. The minimum Gasteiger partial charge on any atom is -0.463 e. The van der Waals surface area contributed by atoms with E-state index in [-0.39, 0.29) is 18.0 Å². The molecule has 98 valence electrons. The van der Waals surface area contributed by atoms with Crippen LogP contribution in [-0.2, 0) is 19.3 Å². The van der Waals surface area contributed by atoms with E-state index in [4.69, 9.17) is 14.5 Å². The van der Waals surface area contributed by atoms with Gasteiger partial charge >= 0.3 is 5.97 Å². The molecule has 1 aliphatic carbocycles. The predicted octanol–water partition coefficient (Wildman–Crippen LogP) is 1.74. The molecule has 0 saturated heterocycles. The van der Waals surface area contributed by atoms with Crippen molar-refractivity contribution in [2.45, 2.75) is 19.1 Å². The Kier molecular flexibility index (Phi) is 2.93. The molecule has 0 radical (unpaired) electrons. The van der Waals surface area contributed by atoms with Crippen LogP contribution in [0.15, 0.2) is 35.9 Å². The van der Waals surface area contributed by atoms with Gasteiger partial charge in [0.1, 0.15) is 6.10 Å². The van der Waals surface area contributed by atoms with Crippen LogP contribution in [0.5, 0.6) is 0 Å². The second-order valence-electron chi connectivity index (χ2n) is 4.29. The van der Waals surface area contributed by atoms with Crippen molar-refractivity contribution < 1.29 is 24.1 Å². The van der Waals surface area contributed by atoms with Crippen LogP contribution in [0.3, 0.4) is 0 Å². The summed E-state index contributed by atoms with van der Waals surface area (Å²) < 4.78 is 4.94. The van der Waals surface area contributed by atoms with Crippen molar-refractivity contribution >= 4 is 11.8 Å². The van der Waals surface area contributed by atoms with Crippen molar-refractivity contribution in [2.75, 3.05) is 6.61 Å². The zero-order chi connectivity index (χ0) is 13.4. The number of ether oxygens (including phenoxy) is 1. The van der Waals surface area contributed by atoms with Gasteiger partial charge in [0.25, 0.3) is 0 Å². The van der Waals surface area contributed by atoms with E-state index < -0.39 is 18.2 Å². The topological polar surface area (TPSA) is 61.8 Å². The van der Waals surface area contributed by atoms with Gasteiger partial charge in [0, 0.05) is 5.56 Å². The summed E-state index contributed by atoms with van der Waals surface area (Å²) >= 11 is 0. The van der Waals surface area contributed by atoms with Gasteiger partial charge in [-0.05, 0) is 18.6 Å². The molecule has 0 saturated carbocycles.